The second kappa shape index (κ2) is 8.97. The van der Waals surface area contributed by atoms with Crippen LogP contribution in [0.3, 0.4) is 0 Å². The molecule has 11 heteroatoms. The van der Waals surface area contributed by atoms with Crippen LogP contribution in [-0.2, 0) is 10.3 Å². The molecule has 3 rings (SSSR count). The van der Waals surface area contributed by atoms with E-state index in [1.54, 1.807) is 54.1 Å². The predicted octanol–water partition coefficient (Wildman–Crippen LogP) is 2.38. The van der Waals surface area contributed by atoms with Gasteiger partial charge in [0.25, 0.3) is 0 Å². The summed E-state index contributed by atoms with van der Waals surface area (Å²) in [6.45, 7) is 2.04. The van der Waals surface area contributed by atoms with Crippen LogP contribution in [-0.4, -0.2) is 36.0 Å². The summed E-state index contributed by atoms with van der Waals surface area (Å²) in [5.74, 6) is 0.121. The van der Waals surface area contributed by atoms with Gasteiger partial charge in [-0.2, -0.15) is 23.4 Å². The predicted molar refractivity (Wildman–Crippen MR) is 105 cm³/mol. The Labute approximate surface area is 167 Å². The number of rotatable bonds is 7. The van der Waals surface area contributed by atoms with Crippen LogP contribution in [0.2, 0.25) is 0 Å². The first-order valence-electron chi connectivity index (χ1n) is 8.48. The molecular formula is C18H17N5O5S. The van der Waals surface area contributed by atoms with Crippen LogP contribution in [0, 0.1) is 0 Å². The van der Waals surface area contributed by atoms with Crippen molar-refractivity contribution in [1.82, 2.24) is 19.7 Å². The van der Waals surface area contributed by atoms with Gasteiger partial charge in [-0.3, -0.25) is 5.32 Å². The number of hydrogen-bond donors (Lipinski definition) is 2. The van der Waals surface area contributed by atoms with Gasteiger partial charge in [0.2, 0.25) is 5.95 Å². The minimum absolute atomic E-state index is 0.0138. The zero-order chi connectivity index (χ0) is 20.7. The number of benzene rings is 2. The highest BCUT2D eigenvalue weighted by atomic mass is 32.2. The fraction of sp³-hybridized carbons (Fsp3) is 0.111. The molecule has 0 saturated heterocycles. The number of carbonyl (C=O) groups is 1. The summed E-state index contributed by atoms with van der Waals surface area (Å²) in [6, 6.07) is 15.6. The summed E-state index contributed by atoms with van der Waals surface area (Å²) in [5.41, 5.74) is 0.666. The second-order valence-corrected chi connectivity index (χ2v) is 6.75. The zero-order valence-corrected chi connectivity index (χ0v) is 16.1. The van der Waals surface area contributed by atoms with E-state index in [-0.39, 0.29) is 23.5 Å². The van der Waals surface area contributed by atoms with E-state index in [2.05, 4.69) is 20.3 Å². The second-order valence-electron chi connectivity index (χ2n) is 5.47. The highest BCUT2D eigenvalue weighted by Gasteiger charge is 2.18. The lowest BCUT2D eigenvalue weighted by Crippen LogP contribution is -2.37. The molecule has 0 radical (unpaired) electrons. The Hall–Kier alpha value is -3.73. The maximum absolute atomic E-state index is 12.1. The molecule has 0 atom stereocenters. The molecule has 0 unspecified atom stereocenters. The van der Waals surface area contributed by atoms with Gasteiger partial charge in [0.05, 0.1) is 6.61 Å². The number of para-hydroxylation sites is 1. The van der Waals surface area contributed by atoms with E-state index < -0.39 is 16.3 Å². The average Bonchev–Trinajstić information content (AvgIpc) is 2.68. The van der Waals surface area contributed by atoms with Gasteiger partial charge in [0.1, 0.15) is 5.75 Å². The van der Waals surface area contributed by atoms with Crippen LogP contribution in [0.1, 0.15) is 6.92 Å². The third-order valence-corrected chi connectivity index (χ3v) is 4.16. The molecule has 0 aliphatic heterocycles. The van der Waals surface area contributed by atoms with Gasteiger partial charge < -0.3 is 8.92 Å². The topological polar surface area (TPSA) is 132 Å². The zero-order valence-electron chi connectivity index (χ0n) is 15.3. The molecule has 1 aromatic heterocycles. The summed E-state index contributed by atoms with van der Waals surface area (Å²) in [6.07, 6.45) is 0. The third kappa shape index (κ3) is 5.87. The number of ether oxygens (including phenoxy) is 1. The summed E-state index contributed by atoms with van der Waals surface area (Å²) >= 11 is 0. The van der Waals surface area contributed by atoms with E-state index >= 15 is 0 Å². The number of hydrogen-bond acceptors (Lipinski definition) is 8. The summed E-state index contributed by atoms with van der Waals surface area (Å²) in [5, 5.41) is 2.24. The highest BCUT2D eigenvalue weighted by Crippen LogP contribution is 2.18. The van der Waals surface area contributed by atoms with E-state index in [4.69, 9.17) is 8.92 Å². The van der Waals surface area contributed by atoms with Gasteiger partial charge in [-0.1, -0.05) is 48.5 Å². The number of urea groups is 1. The molecule has 2 aromatic carbocycles. The fourth-order valence-electron chi connectivity index (χ4n) is 2.19. The molecule has 0 saturated carbocycles. The van der Waals surface area contributed by atoms with Gasteiger partial charge in [0, 0.05) is 5.56 Å². The summed E-state index contributed by atoms with van der Waals surface area (Å²) < 4.78 is 35.8. The van der Waals surface area contributed by atoms with Crippen molar-refractivity contribution in [1.29, 1.82) is 0 Å². The van der Waals surface area contributed by atoms with Crippen molar-refractivity contribution < 1.29 is 22.1 Å². The Morgan fingerprint density at radius 2 is 1.62 bits per heavy atom. The van der Waals surface area contributed by atoms with Crippen molar-refractivity contribution in [2.75, 3.05) is 11.9 Å². The Balaban J connectivity index is 1.76. The van der Waals surface area contributed by atoms with E-state index in [1.165, 1.54) is 12.1 Å². The van der Waals surface area contributed by atoms with Crippen LogP contribution >= 0.6 is 0 Å². The fourth-order valence-corrected chi connectivity index (χ4v) is 2.87. The van der Waals surface area contributed by atoms with Crippen LogP contribution in [0.25, 0.3) is 11.4 Å². The maximum Gasteiger partial charge on any atom is 0.411 e. The van der Waals surface area contributed by atoms with Crippen LogP contribution in [0.4, 0.5) is 10.7 Å². The SMILES string of the molecule is CCOc1nc(NC(=O)NS(=O)(=O)Oc2ccccc2)nc(-c2ccccc2)n1. The van der Waals surface area contributed by atoms with Gasteiger partial charge in [-0.25, -0.2) is 9.52 Å². The molecule has 0 fully saturated rings. The van der Waals surface area contributed by atoms with E-state index in [0.717, 1.165) is 0 Å². The van der Waals surface area contributed by atoms with Gasteiger partial charge in [-0.05, 0) is 19.1 Å². The van der Waals surface area contributed by atoms with E-state index in [1.807, 2.05) is 6.07 Å². The van der Waals surface area contributed by atoms with Crippen molar-refractivity contribution in [3.05, 3.63) is 60.7 Å². The molecule has 1 heterocycles. The Morgan fingerprint density at radius 3 is 2.28 bits per heavy atom. The lowest BCUT2D eigenvalue weighted by atomic mass is 10.2. The van der Waals surface area contributed by atoms with Crippen molar-refractivity contribution >= 4 is 22.3 Å². The third-order valence-electron chi connectivity index (χ3n) is 3.31. The monoisotopic (exact) mass is 415 g/mol. The number of nitrogens with zero attached hydrogens (tertiary/aromatic N) is 3. The molecule has 2 amide bonds. The van der Waals surface area contributed by atoms with Crippen molar-refractivity contribution in [3.8, 4) is 23.1 Å². The molecule has 0 aliphatic rings. The molecule has 29 heavy (non-hydrogen) atoms. The van der Waals surface area contributed by atoms with Crippen molar-refractivity contribution in [2.24, 2.45) is 0 Å². The highest BCUT2D eigenvalue weighted by molar-refractivity contribution is 7.85. The minimum atomic E-state index is -4.40. The average molecular weight is 415 g/mol. The van der Waals surface area contributed by atoms with Crippen molar-refractivity contribution in [2.45, 2.75) is 6.92 Å². The van der Waals surface area contributed by atoms with Crippen LogP contribution < -0.4 is 19.0 Å². The smallest absolute Gasteiger partial charge is 0.411 e. The maximum atomic E-state index is 12.1. The van der Waals surface area contributed by atoms with Crippen molar-refractivity contribution in [3.63, 3.8) is 0 Å². The number of carbonyl (C=O) groups excluding carboxylic acids is 1. The lowest BCUT2D eigenvalue weighted by molar-refractivity contribution is 0.255. The quantitative estimate of drug-likeness (QED) is 0.601. The number of nitrogens with one attached hydrogen (secondary N) is 2. The molecule has 3 aromatic rings. The molecular weight excluding hydrogens is 398 g/mol. The first kappa shape index (κ1) is 20.0. The van der Waals surface area contributed by atoms with Gasteiger partial charge >= 0.3 is 22.3 Å². The van der Waals surface area contributed by atoms with E-state index in [0.29, 0.717) is 12.2 Å². The lowest BCUT2D eigenvalue weighted by Gasteiger charge is -2.10. The Bertz CT molecular complexity index is 1080. The van der Waals surface area contributed by atoms with Gasteiger partial charge in [-0.15, -0.1) is 0 Å². The summed E-state index contributed by atoms with van der Waals surface area (Å²) in [4.78, 5) is 24.4. The Kier molecular flexibility index (Phi) is 6.19. The molecule has 0 aliphatic carbocycles. The molecule has 0 spiro atoms. The number of anilines is 1. The first-order valence-corrected chi connectivity index (χ1v) is 9.88. The van der Waals surface area contributed by atoms with E-state index in [9.17, 15) is 13.2 Å². The summed E-state index contributed by atoms with van der Waals surface area (Å²) in [7, 11) is -4.40. The minimum Gasteiger partial charge on any atom is -0.464 e. The molecule has 0 bridgehead atoms. The standard InChI is InChI=1S/C18H17N5O5S/c1-2-27-18-20-15(13-9-5-3-6-10-13)19-16(22-18)21-17(24)23-29(25,26)28-14-11-7-4-8-12-14/h3-12H,2H2,1H3,(H2,19,20,21,22,23,24). The molecule has 150 valence electrons. The van der Waals surface area contributed by atoms with Gasteiger partial charge in [0.15, 0.2) is 5.82 Å². The molecule has 10 nitrogen and oxygen atoms in total. The Morgan fingerprint density at radius 1 is 0.966 bits per heavy atom. The number of aromatic nitrogens is 3. The van der Waals surface area contributed by atoms with Crippen LogP contribution in [0.5, 0.6) is 11.8 Å². The normalized spacial score (nSPS) is 10.8. The largest absolute Gasteiger partial charge is 0.464 e. The van der Waals surface area contributed by atoms with Crippen LogP contribution in [0.15, 0.2) is 60.7 Å². The first-order chi connectivity index (χ1) is 13.9. The molecule has 2 N–H and O–H groups in total. The number of amides is 2.